The van der Waals surface area contributed by atoms with Crippen molar-refractivity contribution in [3.63, 3.8) is 0 Å². The summed E-state index contributed by atoms with van der Waals surface area (Å²) < 4.78 is 5.59. The summed E-state index contributed by atoms with van der Waals surface area (Å²) >= 11 is 2.71. The van der Waals surface area contributed by atoms with Gasteiger partial charge in [0.2, 0.25) is 5.91 Å². The van der Waals surface area contributed by atoms with E-state index in [4.69, 9.17) is 14.5 Å². The number of thioether (sulfide) groups is 1. The number of anilines is 1. The number of nitrogens with one attached hydrogen (secondary N) is 1. The molecule has 2 N–H and O–H groups in total. The fourth-order valence-corrected chi connectivity index (χ4v) is 8.94. The van der Waals surface area contributed by atoms with Gasteiger partial charge in [-0.15, -0.1) is 23.1 Å². The number of nitro benzene ring substituents is 2. The van der Waals surface area contributed by atoms with E-state index in [9.17, 15) is 44.5 Å². The molecule has 2 saturated heterocycles. The van der Waals surface area contributed by atoms with Gasteiger partial charge in [-0.1, -0.05) is 20.8 Å². The summed E-state index contributed by atoms with van der Waals surface area (Å²) in [7, 11) is 0. The number of nitro groups is 2. The number of carbonyl (C=O) groups excluding carboxylic acids is 4. The Morgan fingerprint density at radius 3 is 2.14 bits per heavy atom. The number of rotatable bonds is 16. The average Bonchev–Trinajstić information content (AvgIpc) is 3.72. The van der Waals surface area contributed by atoms with E-state index in [0.717, 1.165) is 0 Å². The van der Waals surface area contributed by atoms with E-state index in [-0.39, 0.29) is 59.0 Å². The fourth-order valence-electron chi connectivity index (χ4n) is 6.60. The Labute approximate surface area is 328 Å². The first kappa shape index (κ1) is 40.2. The molecule has 2 amide bonds. The van der Waals surface area contributed by atoms with Crippen molar-refractivity contribution < 1.29 is 48.6 Å². The molecule has 1 aromatic heterocycles. The van der Waals surface area contributed by atoms with Crippen LogP contribution in [0.1, 0.15) is 49.3 Å². The van der Waals surface area contributed by atoms with Gasteiger partial charge in [0.1, 0.15) is 30.6 Å². The van der Waals surface area contributed by atoms with Crippen molar-refractivity contribution in [2.24, 2.45) is 17.8 Å². The molecule has 2 fully saturated rings. The van der Waals surface area contributed by atoms with Crippen molar-refractivity contribution in [1.82, 2.24) is 15.2 Å². The molecule has 5 atom stereocenters. The second-order valence-corrected chi connectivity index (χ2v) is 16.1. The van der Waals surface area contributed by atoms with E-state index >= 15 is 0 Å². The van der Waals surface area contributed by atoms with Crippen molar-refractivity contribution in [2.75, 3.05) is 18.0 Å². The number of hydrogen-bond donors (Lipinski definition) is 2. The van der Waals surface area contributed by atoms with E-state index in [1.54, 1.807) is 26.2 Å². The number of β-lactam (4-membered cyclic amide) rings is 1. The lowest BCUT2D eigenvalue weighted by Gasteiger charge is -2.46. The number of carbonyl (C=O) groups is 4. The van der Waals surface area contributed by atoms with Gasteiger partial charge in [0, 0.05) is 58.8 Å². The molecule has 56 heavy (non-hydrogen) atoms. The number of amides is 2. The first-order chi connectivity index (χ1) is 26.6. The minimum absolute atomic E-state index is 0.00371. The molecule has 0 aliphatic carbocycles. The standard InChI is InChI=1S/C36H38N6O12S2/c1-18(2)28(34(46)54-53-16-22-7-11-24(12-8-22)42(50)51)38-32(44)26-17-55-36(37-26)39-13-25(14-39)56-31-19(3)29-27(20(4)43)33(45)40(29)30(31)35(47)52-15-21-5-9-23(10-6-21)41(48)49/h5-12,17-20,25,27-29,43H,13-16H2,1-4H3,(H,38,44)/t19-,20-,27-,28+,29-/m1/s1. The highest BCUT2D eigenvalue weighted by Gasteiger charge is 2.60. The average molecular weight is 811 g/mol. The fraction of sp³-hybridized carbons (Fsp3) is 0.417. The lowest BCUT2D eigenvalue weighted by Crippen LogP contribution is -2.63. The van der Waals surface area contributed by atoms with Gasteiger partial charge in [-0.25, -0.2) is 14.6 Å². The van der Waals surface area contributed by atoms with Gasteiger partial charge in [0.15, 0.2) is 5.13 Å². The Kier molecular flexibility index (Phi) is 12.0. The van der Waals surface area contributed by atoms with Crippen LogP contribution < -0.4 is 10.2 Å². The normalized spacial score (nSPS) is 20.2. The molecule has 0 spiro atoms. The third kappa shape index (κ3) is 8.37. The minimum atomic E-state index is -1.06. The quantitative estimate of drug-likeness (QED) is 0.0681. The smallest absolute Gasteiger partial charge is 0.364 e. The molecule has 296 valence electrons. The molecular formula is C36H38N6O12S2. The number of esters is 1. The van der Waals surface area contributed by atoms with Crippen LogP contribution in [0.4, 0.5) is 16.5 Å². The molecular weight excluding hydrogens is 773 g/mol. The summed E-state index contributed by atoms with van der Waals surface area (Å²) in [5, 5.41) is 37.0. The Balaban J connectivity index is 1.05. The van der Waals surface area contributed by atoms with Gasteiger partial charge in [-0.05, 0) is 48.2 Å². The van der Waals surface area contributed by atoms with Crippen molar-refractivity contribution >= 4 is 63.4 Å². The first-order valence-corrected chi connectivity index (χ1v) is 19.3. The van der Waals surface area contributed by atoms with Crippen molar-refractivity contribution in [1.29, 1.82) is 0 Å². The molecule has 20 heteroatoms. The monoisotopic (exact) mass is 810 g/mol. The summed E-state index contributed by atoms with van der Waals surface area (Å²) in [5.74, 6) is -3.76. The SMILES string of the molecule is CC(C)[C@H](NC(=O)c1csc(N2CC(SC3=C(C(=O)OCc4ccc([N+](=O)[O-])cc4)N4C(=O)[C@H]([C@@H](C)O)[C@H]4[C@H]3C)C2)n1)C(=O)OOCc1ccc([N+](=O)[O-])cc1. The van der Waals surface area contributed by atoms with Crippen molar-refractivity contribution in [3.05, 3.63) is 102 Å². The maximum absolute atomic E-state index is 13.5. The van der Waals surface area contributed by atoms with Gasteiger partial charge in [-0.2, -0.15) is 4.89 Å². The van der Waals surface area contributed by atoms with Crippen LogP contribution in [0.5, 0.6) is 0 Å². The second kappa shape index (κ2) is 16.7. The van der Waals surface area contributed by atoms with E-state index in [1.165, 1.54) is 76.5 Å². The van der Waals surface area contributed by atoms with Crippen LogP contribution in [-0.2, 0) is 42.1 Å². The zero-order valence-corrected chi connectivity index (χ0v) is 32.2. The number of fused-ring (bicyclic) bond motifs is 1. The largest absolute Gasteiger partial charge is 0.456 e. The maximum Gasteiger partial charge on any atom is 0.364 e. The molecule has 18 nitrogen and oxygen atoms in total. The van der Waals surface area contributed by atoms with Crippen LogP contribution in [0.3, 0.4) is 0 Å². The van der Waals surface area contributed by atoms with E-state index in [2.05, 4.69) is 10.3 Å². The molecule has 0 bridgehead atoms. The molecule has 3 aliphatic heterocycles. The summed E-state index contributed by atoms with van der Waals surface area (Å²) in [6, 6.07) is 9.69. The molecule has 4 heterocycles. The first-order valence-electron chi connectivity index (χ1n) is 17.5. The Bertz CT molecular complexity index is 2050. The summed E-state index contributed by atoms with van der Waals surface area (Å²) in [4.78, 5) is 91.9. The highest BCUT2D eigenvalue weighted by molar-refractivity contribution is 8.03. The summed E-state index contributed by atoms with van der Waals surface area (Å²) in [5.41, 5.74) is 1.12. The molecule has 0 saturated carbocycles. The topological polar surface area (TPSA) is 234 Å². The number of aliphatic hydroxyl groups is 1. The summed E-state index contributed by atoms with van der Waals surface area (Å²) in [6.45, 7) is 7.63. The Morgan fingerprint density at radius 2 is 1.59 bits per heavy atom. The second-order valence-electron chi connectivity index (χ2n) is 13.9. The number of thiazole rings is 1. The molecule has 3 aliphatic rings. The Hall–Kier alpha value is -5.44. The van der Waals surface area contributed by atoms with Gasteiger partial charge < -0.3 is 25.0 Å². The predicted octanol–water partition coefficient (Wildman–Crippen LogP) is 4.12. The van der Waals surface area contributed by atoms with Crippen LogP contribution in [0.25, 0.3) is 0 Å². The zero-order valence-electron chi connectivity index (χ0n) is 30.6. The molecule has 0 unspecified atom stereocenters. The number of non-ortho nitro benzene ring substituents is 2. The highest BCUT2D eigenvalue weighted by atomic mass is 32.2. The van der Waals surface area contributed by atoms with Crippen molar-refractivity contribution in [2.45, 2.75) is 64.3 Å². The van der Waals surface area contributed by atoms with Crippen molar-refractivity contribution in [3.8, 4) is 0 Å². The predicted molar refractivity (Wildman–Crippen MR) is 201 cm³/mol. The number of ether oxygens (including phenoxy) is 1. The highest BCUT2D eigenvalue weighted by Crippen LogP contribution is 2.52. The molecule has 0 radical (unpaired) electrons. The third-order valence-corrected chi connectivity index (χ3v) is 12.0. The summed E-state index contributed by atoms with van der Waals surface area (Å²) in [6.07, 6.45) is -0.910. The van der Waals surface area contributed by atoms with E-state index in [0.29, 0.717) is 34.3 Å². The number of aliphatic hydroxyl groups excluding tert-OH is 1. The van der Waals surface area contributed by atoms with Crippen LogP contribution in [0.15, 0.2) is 64.5 Å². The maximum atomic E-state index is 13.5. The van der Waals surface area contributed by atoms with Gasteiger partial charge in [0.05, 0.1) is 27.9 Å². The van der Waals surface area contributed by atoms with Gasteiger partial charge in [0.25, 0.3) is 17.3 Å². The number of benzene rings is 2. The molecule has 6 rings (SSSR count). The number of hydrogen-bond acceptors (Lipinski definition) is 16. The molecule has 2 aromatic carbocycles. The van der Waals surface area contributed by atoms with Crippen LogP contribution >= 0.6 is 23.1 Å². The number of nitrogens with zero attached hydrogens (tertiary/aromatic N) is 5. The van der Waals surface area contributed by atoms with Crippen LogP contribution in [0.2, 0.25) is 0 Å². The van der Waals surface area contributed by atoms with E-state index < -0.39 is 51.8 Å². The zero-order chi connectivity index (χ0) is 40.4. The number of aromatic nitrogens is 1. The van der Waals surface area contributed by atoms with Gasteiger partial charge >= 0.3 is 11.9 Å². The van der Waals surface area contributed by atoms with Gasteiger partial charge in [-0.3, -0.25) is 34.7 Å². The minimum Gasteiger partial charge on any atom is -0.456 e. The molecule has 3 aromatic rings. The van der Waals surface area contributed by atoms with Crippen LogP contribution in [0, 0.1) is 38.0 Å². The van der Waals surface area contributed by atoms with E-state index in [1.807, 2.05) is 11.8 Å². The third-order valence-electron chi connectivity index (χ3n) is 9.68. The Morgan fingerprint density at radius 1 is 1.00 bits per heavy atom. The lowest BCUT2D eigenvalue weighted by atomic mass is 9.79. The lowest BCUT2D eigenvalue weighted by molar-refractivity contribution is -0.385. The van der Waals surface area contributed by atoms with Crippen LogP contribution in [-0.4, -0.2) is 85.1 Å².